The lowest BCUT2D eigenvalue weighted by Gasteiger charge is -2.21. The molecule has 2 nitrogen and oxygen atoms in total. The highest BCUT2D eigenvalue weighted by Crippen LogP contribution is 2.24. The van der Waals surface area contributed by atoms with Gasteiger partial charge in [-0.3, -0.25) is 0 Å². The summed E-state index contributed by atoms with van der Waals surface area (Å²) < 4.78 is 6.77. The Bertz CT molecular complexity index is 435. The van der Waals surface area contributed by atoms with Crippen molar-refractivity contribution in [3.8, 4) is 0 Å². The van der Waals surface area contributed by atoms with Crippen molar-refractivity contribution in [3.63, 3.8) is 0 Å². The Morgan fingerprint density at radius 1 is 1.48 bits per heavy atom. The largest absolute Gasteiger partial charge is 0.378 e. The van der Waals surface area contributed by atoms with E-state index in [1.165, 1.54) is 18.4 Å². The molecule has 1 N–H and O–H groups in total. The van der Waals surface area contributed by atoms with E-state index in [0.717, 1.165) is 48.3 Å². The smallest absolute Gasteiger partial charge is 0.0576 e. The molecule has 2 rings (SSSR count). The van der Waals surface area contributed by atoms with E-state index in [1.54, 1.807) is 0 Å². The molecule has 2 atom stereocenters. The summed E-state index contributed by atoms with van der Waals surface area (Å²) in [6.07, 6.45) is 7.35. The lowest BCUT2D eigenvalue weighted by atomic mass is 9.99. The molecule has 118 valence electrons. The van der Waals surface area contributed by atoms with Gasteiger partial charge in [0.15, 0.2) is 0 Å². The summed E-state index contributed by atoms with van der Waals surface area (Å²) >= 11 is 9.82. The number of hydrogen-bond donors (Lipinski definition) is 1. The maximum Gasteiger partial charge on any atom is 0.0576 e. The number of benzene rings is 1. The molecule has 1 saturated heterocycles. The Labute approximate surface area is 141 Å². The van der Waals surface area contributed by atoms with Gasteiger partial charge in [0, 0.05) is 22.1 Å². The van der Waals surface area contributed by atoms with Crippen LogP contribution in [0.1, 0.15) is 44.6 Å². The van der Waals surface area contributed by atoms with E-state index in [9.17, 15) is 0 Å². The molecule has 0 aliphatic carbocycles. The normalized spacial score (nSPS) is 19.9. The predicted octanol–water partition coefficient (Wildman–Crippen LogP) is 4.97. The van der Waals surface area contributed by atoms with Gasteiger partial charge in [-0.05, 0) is 62.8 Å². The molecule has 0 aromatic heterocycles. The first-order valence-corrected chi connectivity index (χ1v) is 9.15. The summed E-state index contributed by atoms with van der Waals surface area (Å²) in [5.74, 6) is 0. The minimum Gasteiger partial charge on any atom is -0.378 e. The van der Waals surface area contributed by atoms with Crippen molar-refractivity contribution in [2.45, 2.75) is 57.6 Å². The minimum absolute atomic E-state index is 0.469. The average Bonchev–Trinajstić information content (AvgIpc) is 2.97. The first-order chi connectivity index (χ1) is 10.2. The SMILES string of the molecule is CCCNC(CCC1CCCO1)Cc1ccc(Br)cc1Cl. The zero-order valence-corrected chi connectivity index (χ0v) is 15.0. The van der Waals surface area contributed by atoms with Crippen LogP contribution in [-0.2, 0) is 11.2 Å². The number of nitrogens with one attached hydrogen (secondary N) is 1. The molecular weight excluding hydrogens is 350 g/mol. The standard InChI is InChI=1S/C17H25BrClNO/c1-2-9-20-15(7-8-16-4-3-10-21-16)11-13-5-6-14(18)12-17(13)19/h5-6,12,15-16,20H,2-4,7-11H2,1H3. The topological polar surface area (TPSA) is 21.3 Å². The Morgan fingerprint density at radius 2 is 2.33 bits per heavy atom. The zero-order chi connectivity index (χ0) is 15.1. The van der Waals surface area contributed by atoms with Crippen LogP contribution >= 0.6 is 27.5 Å². The monoisotopic (exact) mass is 373 g/mol. The van der Waals surface area contributed by atoms with Gasteiger partial charge in [-0.2, -0.15) is 0 Å². The summed E-state index contributed by atoms with van der Waals surface area (Å²) in [7, 11) is 0. The van der Waals surface area contributed by atoms with Crippen LogP contribution in [0, 0.1) is 0 Å². The first-order valence-electron chi connectivity index (χ1n) is 7.98. The average molecular weight is 375 g/mol. The highest BCUT2D eigenvalue weighted by atomic mass is 79.9. The summed E-state index contributed by atoms with van der Waals surface area (Å²) in [6, 6.07) is 6.65. The number of hydrogen-bond acceptors (Lipinski definition) is 2. The highest BCUT2D eigenvalue weighted by Gasteiger charge is 2.18. The van der Waals surface area contributed by atoms with Gasteiger partial charge < -0.3 is 10.1 Å². The van der Waals surface area contributed by atoms with Crippen LogP contribution in [0.2, 0.25) is 5.02 Å². The molecule has 0 radical (unpaired) electrons. The van der Waals surface area contributed by atoms with Gasteiger partial charge in [-0.15, -0.1) is 0 Å². The van der Waals surface area contributed by atoms with Crippen LogP contribution < -0.4 is 5.32 Å². The van der Waals surface area contributed by atoms with Crippen molar-refractivity contribution >= 4 is 27.5 Å². The maximum atomic E-state index is 6.35. The van der Waals surface area contributed by atoms with E-state index in [1.807, 2.05) is 6.07 Å². The van der Waals surface area contributed by atoms with Crippen molar-refractivity contribution in [3.05, 3.63) is 33.3 Å². The molecule has 0 saturated carbocycles. The van der Waals surface area contributed by atoms with Crippen molar-refractivity contribution in [1.29, 1.82) is 0 Å². The molecule has 1 aromatic carbocycles. The molecule has 0 amide bonds. The third-order valence-corrected chi connectivity index (χ3v) is 4.87. The third kappa shape index (κ3) is 5.90. The molecular formula is C17H25BrClNO. The van der Waals surface area contributed by atoms with Gasteiger partial charge >= 0.3 is 0 Å². The van der Waals surface area contributed by atoms with Crippen molar-refractivity contribution in [2.75, 3.05) is 13.2 Å². The van der Waals surface area contributed by atoms with Crippen LogP contribution in [0.5, 0.6) is 0 Å². The number of ether oxygens (including phenoxy) is 1. The highest BCUT2D eigenvalue weighted by molar-refractivity contribution is 9.10. The fourth-order valence-electron chi connectivity index (χ4n) is 2.84. The second-order valence-electron chi connectivity index (χ2n) is 5.80. The van der Waals surface area contributed by atoms with E-state index >= 15 is 0 Å². The van der Waals surface area contributed by atoms with Crippen molar-refractivity contribution < 1.29 is 4.74 Å². The Morgan fingerprint density at radius 3 is 3.00 bits per heavy atom. The van der Waals surface area contributed by atoms with Gasteiger partial charge in [-0.25, -0.2) is 0 Å². The van der Waals surface area contributed by atoms with Crippen LogP contribution in [0.4, 0.5) is 0 Å². The van der Waals surface area contributed by atoms with Crippen LogP contribution in [0.3, 0.4) is 0 Å². The predicted molar refractivity (Wildman–Crippen MR) is 93.1 cm³/mol. The van der Waals surface area contributed by atoms with Gasteiger partial charge in [0.1, 0.15) is 0 Å². The van der Waals surface area contributed by atoms with Crippen molar-refractivity contribution in [2.24, 2.45) is 0 Å². The number of rotatable bonds is 8. The summed E-state index contributed by atoms with van der Waals surface area (Å²) in [4.78, 5) is 0. The Balaban J connectivity index is 1.90. The summed E-state index contributed by atoms with van der Waals surface area (Å²) in [5, 5.41) is 4.51. The van der Waals surface area contributed by atoms with Gasteiger partial charge in [0.25, 0.3) is 0 Å². The molecule has 4 heteroatoms. The second-order valence-corrected chi connectivity index (χ2v) is 7.13. The van der Waals surface area contributed by atoms with Crippen LogP contribution in [0.25, 0.3) is 0 Å². The molecule has 1 aliphatic rings. The van der Waals surface area contributed by atoms with Crippen LogP contribution in [-0.4, -0.2) is 25.3 Å². The van der Waals surface area contributed by atoms with E-state index in [0.29, 0.717) is 12.1 Å². The fourth-order valence-corrected chi connectivity index (χ4v) is 3.59. The van der Waals surface area contributed by atoms with Gasteiger partial charge in [0.2, 0.25) is 0 Å². The second kappa shape index (κ2) is 9.14. The zero-order valence-electron chi connectivity index (χ0n) is 12.7. The molecule has 1 aromatic rings. The quantitative estimate of drug-likeness (QED) is 0.693. The van der Waals surface area contributed by atoms with Crippen LogP contribution in [0.15, 0.2) is 22.7 Å². The maximum absolute atomic E-state index is 6.35. The molecule has 1 fully saturated rings. The molecule has 1 aliphatic heterocycles. The molecule has 0 spiro atoms. The van der Waals surface area contributed by atoms with E-state index in [-0.39, 0.29) is 0 Å². The molecule has 0 bridgehead atoms. The molecule has 21 heavy (non-hydrogen) atoms. The summed E-state index contributed by atoms with van der Waals surface area (Å²) in [6.45, 7) is 4.21. The van der Waals surface area contributed by atoms with Crippen molar-refractivity contribution in [1.82, 2.24) is 5.32 Å². The minimum atomic E-state index is 0.469. The molecule has 2 unspecified atom stereocenters. The first kappa shape index (κ1) is 17.3. The Kier molecular flexibility index (Phi) is 7.51. The fraction of sp³-hybridized carbons (Fsp3) is 0.647. The van der Waals surface area contributed by atoms with Gasteiger partial charge in [0.05, 0.1) is 6.10 Å². The van der Waals surface area contributed by atoms with E-state index in [4.69, 9.17) is 16.3 Å². The molecule has 1 heterocycles. The number of halogens is 2. The van der Waals surface area contributed by atoms with E-state index in [2.05, 4.69) is 40.3 Å². The lowest BCUT2D eigenvalue weighted by Crippen LogP contribution is -2.32. The Hall–Kier alpha value is -0.0900. The lowest BCUT2D eigenvalue weighted by molar-refractivity contribution is 0.0995. The van der Waals surface area contributed by atoms with E-state index < -0.39 is 0 Å². The van der Waals surface area contributed by atoms with Gasteiger partial charge in [-0.1, -0.05) is 40.5 Å². The summed E-state index contributed by atoms with van der Waals surface area (Å²) in [5.41, 5.74) is 1.22. The third-order valence-electron chi connectivity index (χ3n) is 4.03.